The summed E-state index contributed by atoms with van der Waals surface area (Å²) in [7, 11) is 0. The van der Waals surface area contributed by atoms with Gasteiger partial charge in [0.15, 0.2) is 5.13 Å². The number of aromatic nitrogens is 1. The highest BCUT2D eigenvalue weighted by atomic mass is 32.1. The van der Waals surface area contributed by atoms with Crippen LogP contribution in [0.25, 0.3) is 0 Å². The zero-order valence-corrected chi connectivity index (χ0v) is 9.41. The molecule has 1 aliphatic heterocycles. The van der Waals surface area contributed by atoms with Gasteiger partial charge in [-0.05, 0) is 19.3 Å². The summed E-state index contributed by atoms with van der Waals surface area (Å²) in [6.45, 7) is 4.35. The van der Waals surface area contributed by atoms with E-state index in [-0.39, 0.29) is 0 Å². The Labute approximate surface area is 88.9 Å². The highest BCUT2D eigenvalue weighted by Crippen LogP contribution is 2.31. The summed E-state index contributed by atoms with van der Waals surface area (Å²) in [5.74, 6) is 0. The number of fused-ring (bicyclic) bond motifs is 1. The Morgan fingerprint density at radius 2 is 2.50 bits per heavy atom. The van der Waals surface area contributed by atoms with E-state index in [9.17, 15) is 0 Å². The molecule has 2 heterocycles. The molecule has 2 N–H and O–H groups in total. The zero-order chi connectivity index (χ0) is 9.80. The summed E-state index contributed by atoms with van der Waals surface area (Å²) in [6, 6.07) is 0. The van der Waals surface area contributed by atoms with Crippen molar-refractivity contribution in [3.63, 3.8) is 0 Å². The third kappa shape index (κ3) is 2.18. The summed E-state index contributed by atoms with van der Waals surface area (Å²) in [4.78, 5) is 4.57. The molecule has 0 radical (unpaired) electrons. The van der Waals surface area contributed by atoms with E-state index in [0.717, 1.165) is 24.6 Å². The summed E-state index contributed by atoms with van der Waals surface area (Å²) >= 11 is 1.75. The van der Waals surface area contributed by atoms with Crippen LogP contribution in [0.5, 0.6) is 0 Å². The molecule has 3 nitrogen and oxygen atoms in total. The molecule has 2 rings (SSSR count). The maximum Gasteiger partial charge on any atom is 0.184 e. The maximum absolute atomic E-state index is 4.57. The molecule has 0 aromatic carbocycles. The van der Waals surface area contributed by atoms with E-state index in [2.05, 4.69) is 22.5 Å². The average molecular weight is 211 g/mol. The second-order valence-corrected chi connectivity index (χ2v) is 4.60. The number of nitrogens with zero attached hydrogens (tertiary/aromatic N) is 1. The molecule has 14 heavy (non-hydrogen) atoms. The van der Waals surface area contributed by atoms with E-state index < -0.39 is 0 Å². The average Bonchev–Trinajstić information content (AvgIpc) is 2.60. The minimum absolute atomic E-state index is 1.04. The second-order valence-electron chi connectivity index (χ2n) is 3.61. The fourth-order valence-electron chi connectivity index (χ4n) is 1.56. The number of anilines is 2. The van der Waals surface area contributed by atoms with Crippen LogP contribution in [-0.2, 0) is 6.42 Å². The predicted octanol–water partition coefficient (Wildman–Crippen LogP) is 2.71. The van der Waals surface area contributed by atoms with Gasteiger partial charge >= 0.3 is 0 Å². The lowest BCUT2D eigenvalue weighted by Gasteiger charge is -2.10. The Hall–Kier alpha value is -0.770. The van der Waals surface area contributed by atoms with Crippen molar-refractivity contribution in [2.24, 2.45) is 0 Å². The van der Waals surface area contributed by atoms with Crippen LogP contribution in [0.2, 0.25) is 0 Å². The topological polar surface area (TPSA) is 37.0 Å². The third-order valence-corrected chi connectivity index (χ3v) is 3.39. The standard InChI is InChI=1S/C10H17N3S/c1-2-3-6-12-10-13-8-5-4-7-11-9(8)14-10/h11H,2-7H2,1H3,(H,12,13). The van der Waals surface area contributed by atoms with Gasteiger partial charge in [0.05, 0.1) is 5.69 Å². The first-order valence-corrected chi connectivity index (χ1v) is 6.19. The summed E-state index contributed by atoms with van der Waals surface area (Å²) in [5.41, 5.74) is 1.25. The molecule has 0 saturated heterocycles. The fourth-order valence-corrected chi connectivity index (χ4v) is 2.53. The molecule has 0 saturated carbocycles. The van der Waals surface area contributed by atoms with Crippen molar-refractivity contribution in [1.29, 1.82) is 0 Å². The van der Waals surface area contributed by atoms with E-state index >= 15 is 0 Å². The van der Waals surface area contributed by atoms with E-state index in [1.807, 2.05) is 0 Å². The van der Waals surface area contributed by atoms with Gasteiger partial charge < -0.3 is 10.6 Å². The summed E-state index contributed by atoms with van der Waals surface area (Å²) in [5, 5.41) is 9.11. The minimum atomic E-state index is 1.04. The molecular weight excluding hydrogens is 194 g/mol. The van der Waals surface area contributed by atoms with Gasteiger partial charge in [-0.1, -0.05) is 24.7 Å². The van der Waals surface area contributed by atoms with Gasteiger partial charge in [0.25, 0.3) is 0 Å². The van der Waals surface area contributed by atoms with Gasteiger partial charge in [-0.15, -0.1) is 0 Å². The van der Waals surface area contributed by atoms with E-state index in [1.54, 1.807) is 11.3 Å². The normalized spacial score (nSPS) is 14.6. The predicted molar refractivity (Wildman–Crippen MR) is 62.3 cm³/mol. The Bertz CT molecular complexity index is 272. The molecule has 1 aromatic rings. The molecule has 78 valence electrons. The highest BCUT2D eigenvalue weighted by molar-refractivity contribution is 7.19. The quantitative estimate of drug-likeness (QED) is 0.752. The van der Waals surface area contributed by atoms with Crippen LogP contribution in [0, 0.1) is 0 Å². The van der Waals surface area contributed by atoms with Gasteiger partial charge in [0.1, 0.15) is 5.00 Å². The van der Waals surface area contributed by atoms with Crippen molar-refractivity contribution in [1.82, 2.24) is 4.98 Å². The van der Waals surface area contributed by atoms with E-state index in [0.29, 0.717) is 0 Å². The fraction of sp³-hybridized carbons (Fsp3) is 0.700. The number of unbranched alkanes of at least 4 members (excludes halogenated alkanes) is 1. The first-order valence-electron chi connectivity index (χ1n) is 5.37. The molecule has 0 atom stereocenters. The Morgan fingerprint density at radius 1 is 1.57 bits per heavy atom. The van der Waals surface area contributed by atoms with Crippen molar-refractivity contribution in [3.05, 3.63) is 5.69 Å². The molecule has 0 unspecified atom stereocenters. The number of thiazole rings is 1. The van der Waals surface area contributed by atoms with Crippen molar-refractivity contribution >= 4 is 21.5 Å². The van der Waals surface area contributed by atoms with Crippen molar-refractivity contribution in [2.45, 2.75) is 32.6 Å². The molecule has 4 heteroatoms. The largest absolute Gasteiger partial charge is 0.375 e. The minimum Gasteiger partial charge on any atom is -0.375 e. The monoisotopic (exact) mass is 211 g/mol. The first kappa shape index (κ1) is 9.77. The van der Waals surface area contributed by atoms with Crippen LogP contribution in [-0.4, -0.2) is 18.1 Å². The molecule has 0 amide bonds. The lowest BCUT2D eigenvalue weighted by atomic mass is 10.2. The molecule has 1 aromatic heterocycles. The number of aryl methyl sites for hydroxylation is 1. The Kier molecular flexibility index (Phi) is 3.24. The zero-order valence-electron chi connectivity index (χ0n) is 8.60. The Balaban J connectivity index is 1.94. The van der Waals surface area contributed by atoms with Gasteiger partial charge in [-0.25, -0.2) is 4.98 Å². The number of nitrogens with one attached hydrogen (secondary N) is 2. The SMILES string of the molecule is CCCCNc1nc2c(s1)NCCC2. The van der Waals surface area contributed by atoms with Crippen molar-refractivity contribution < 1.29 is 0 Å². The van der Waals surface area contributed by atoms with Crippen LogP contribution in [0.1, 0.15) is 31.9 Å². The molecular formula is C10H17N3S. The van der Waals surface area contributed by atoms with Crippen molar-refractivity contribution in [2.75, 3.05) is 23.7 Å². The molecule has 1 aliphatic rings. The van der Waals surface area contributed by atoms with Crippen LogP contribution < -0.4 is 10.6 Å². The Morgan fingerprint density at radius 3 is 3.29 bits per heavy atom. The van der Waals surface area contributed by atoms with Gasteiger partial charge in [-0.2, -0.15) is 0 Å². The van der Waals surface area contributed by atoms with Crippen LogP contribution >= 0.6 is 11.3 Å². The molecule has 0 spiro atoms. The van der Waals surface area contributed by atoms with Crippen molar-refractivity contribution in [3.8, 4) is 0 Å². The summed E-state index contributed by atoms with van der Waals surface area (Å²) < 4.78 is 0. The van der Waals surface area contributed by atoms with E-state index in [4.69, 9.17) is 0 Å². The summed E-state index contributed by atoms with van der Waals surface area (Å²) in [6.07, 6.45) is 4.80. The van der Waals surface area contributed by atoms with Gasteiger partial charge in [0, 0.05) is 13.1 Å². The molecule has 0 aliphatic carbocycles. The second kappa shape index (κ2) is 4.64. The number of hydrogen-bond acceptors (Lipinski definition) is 4. The van der Waals surface area contributed by atoms with Crippen LogP contribution in [0.15, 0.2) is 0 Å². The number of hydrogen-bond donors (Lipinski definition) is 2. The first-order chi connectivity index (χ1) is 6.90. The highest BCUT2D eigenvalue weighted by Gasteiger charge is 2.13. The van der Waals surface area contributed by atoms with Crippen LogP contribution in [0.3, 0.4) is 0 Å². The van der Waals surface area contributed by atoms with Crippen LogP contribution in [0.4, 0.5) is 10.1 Å². The number of rotatable bonds is 4. The lowest BCUT2D eigenvalue weighted by Crippen LogP contribution is -2.09. The van der Waals surface area contributed by atoms with Gasteiger partial charge in [0.2, 0.25) is 0 Å². The molecule has 0 fully saturated rings. The lowest BCUT2D eigenvalue weighted by molar-refractivity contribution is 0.809. The van der Waals surface area contributed by atoms with E-state index in [1.165, 1.54) is 30.0 Å². The van der Waals surface area contributed by atoms with Gasteiger partial charge in [-0.3, -0.25) is 0 Å². The third-order valence-electron chi connectivity index (χ3n) is 2.38. The molecule has 0 bridgehead atoms. The maximum atomic E-state index is 4.57. The smallest absolute Gasteiger partial charge is 0.184 e.